The molecule has 0 aliphatic carbocycles. The van der Waals surface area contributed by atoms with Crippen molar-refractivity contribution >= 4 is 29.2 Å². The predicted octanol–water partition coefficient (Wildman–Crippen LogP) is 3.43. The fourth-order valence-corrected chi connectivity index (χ4v) is 4.06. The first kappa shape index (κ1) is 21.4. The quantitative estimate of drug-likeness (QED) is 0.406. The average molecular weight is 414 g/mol. The zero-order chi connectivity index (χ0) is 20.6. The van der Waals surface area contributed by atoms with Crippen molar-refractivity contribution in [3.63, 3.8) is 0 Å². The molecule has 1 N–H and O–H groups in total. The number of carbonyl (C=O) groups is 1. The van der Waals surface area contributed by atoms with Crippen LogP contribution < -0.4 is 15.1 Å². The van der Waals surface area contributed by atoms with Crippen LogP contribution in [-0.2, 0) is 4.79 Å². The SMILES string of the molecule is CCCCNC(=O)CSc1nccc(N2CCN(c3cc(C)ccc3C)CC2)n1. The van der Waals surface area contributed by atoms with Crippen molar-refractivity contribution < 1.29 is 4.79 Å². The third-order valence-electron chi connectivity index (χ3n) is 5.11. The molecule has 2 heterocycles. The highest BCUT2D eigenvalue weighted by atomic mass is 32.2. The number of rotatable bonds is 8. The van der Waals surface area contributed by atoms with Gasteiger partial charge in [-0.25, -0.2) is 9.97 Å². The van der Waals surface area contributed by atoms with Crippen LogP contribution in [-0.4, -0.2) is 54.4 Å². The van der Waals surface area contributed by atoms with E-state index in [9.17, 15) is 4.79 Å². The van der Waals surface area contributed by atoms with Gasteiger partial charge in [-0.2, -0.15) is 0 Å². The lowest BCUT2D eigenvalue weighted by Gasteiger charge is -2.37. The monoisotopic (exact) mass is 413 g/mol. The fourth-order valence-electron chi connectivity index (χ4n) is 3.40. The molecule has 1 aromatic heterocycles. The van der Waals surface area contributed by atoms with Crippen molar-refractivity contribution in [2.45, 2.75) is 38.8 Å². The highest BCUT2D eigenvalue weighted by Gasteiger charge is 2.20. The molecule has 0 saturated carbocycles. The molecule has 1 amide bonds. The van der Waals surface area contributed by atoms with Crippen LogP contribution >= 0.6 is 11.8 Å². The average Bonchev–Trinajstić information content (AvgIpc) is 2.74. The van der Waals surface area contributed by atoms with Gasteiger partial charge in [-0.15, -0.1) is 0 Å². The largest absolute Gasteiger partial charge is 0.368 e. The lowest BCUT2D eigenvalue weighted by atomic mass is 10.1. The topological polar surface area (TPSA) is 61.4 Å². The number of hydrogen-bond donors (Lipinski definition) is 1. The minimum Gasteiger partial charge on any atom is -0.368 e. The van der Waals surface area contributed by atoms with Gasteiger partial charge in [0.1, 0.15) is 5.82 Å². The second-order valence-electron chi connectivity index (χ2n) is 7.45. The Hall–Kier alpha value is -2.28. The van der Waals surface area contributed by atoms with Gasteiger partial charge in [0.15, 0.2) is 5.16 Å². The van der Waals surface area contributed by atoms with E-state index < -0.39 is 0 Å². The molecule has 1 saturated heterocycles. The highest BCUT2D eigenvalue weighted by molar-refractivity contribution is 7.99. The number of hydrogen-bond acceptors (Lipinski definition) is 6. The van der Waals surface area contributed by atoms with E-state index in [1.807, 2.05) is 6.07 Å². The summed E-state index contributed by atoms with van der Waals surface area (Å²) in [6.45, 7) is 11.0. The van der Waals surface area contributed by atoms with Crippen molar-refractivity contribution in [3.05, 3.63) is 41.6 Å². The summed E-state index contributed by atoms with van der Waals surface area (Å²) in [6.07, 6.45) is 3.88. The lowest BCUT2D eigenvalue weighted by molar-refractivity contribution is -0.118. The number of piperazine rings is 1. The summed E-state index contributed by atoms with van der Waals surface area (Å²) in [7, 11) is 0. The molecule has 3 rings (SSSR count). The van der Waals surface area contributed by atoms with Crippen molar-refractivity contribution in [1.82, 2.24) is 15.3 Å². The number of nitrogens with one attached hydrogen (secondary N) is 1. The van der Waals surface area contributed by atoms with Crippen LogP contribution in [0.1, 0.15) is 30.9 Å². The Bertz CT molecular complexity index is 821. The number of aromatic nitrogens is 2. The van der Waals surface area contributed by atoms with Crippen LogP contribution in [0, 0.1) is 13.8 Å². The number of anilines is 2. The molecule has 0 bridgehead atoms. The van der Waals surface area contributed by atoms with Crippen LogP contribution in [0.4, 0.5) is 11.5 Å². The maximum absolute atomic E-state index is 11.9. The Labute approximate surface area is 178 Å². The van der Waals surface area contributed by atoms with Crippen LogP contribution in [0.3, 0.4) is 0 Å². The second kappa shape index (κ2) is 10.5. The zero-order valence-corrected chi connectivity index (χ0v) is 18.5. The zero-order valence-electron chi connectivity index (χ0n) is 17.6. The molecule has 0 radical (unpaired) electrons. The smallest absolute Gasteiger partial charge is 0.230 e. The first-order valence-electron chi connectivity index (χ1n) is 10.4. The maximum atomic E-state index is 11.9. The molecule has 1 aliphatic rings. The Balaban J connectivity index is 1.54. The minimum absolute atomic E-state index is 0.0413. The molecule has 156 valence electrons. The molecule has 1 aliphatic heterocycles. The number of benzene rings is 1. The number of nitrogens with zero attached hydrogens (tertiary/aromatic N) is 4. The fraction of sp³-hybridized carbons (Fsp3) is 0.500. The van der Waals surface area contributed by atoms with Gasteiger partial charge in [-0.05, 0) is 43.5 Å². The van der Waals surface area contributed by atoms with E-state index in [0.29, 0.717) is 10.9 Å². The molecule has 7 heteroatoms. The molecular formula is C22H31N5OS. The Morgan fingerprint density at radius 1 is 1.14 bits per heavy atom. The van der Waals surface area contributed by atoms with Crippen molar-refractivity contribution in [2.75, 3.05) is 48.3 Å². The summed E-state index contributed by atoms with van der Waals surface area (Å²) in [5, 5.41) is 3.59. The molecular weight excluding hydrogens is 382 g/mol. The van der Waals surface area contributed by atoms with Gasteiger partial charge in [-0.3, -0.25) is 4.79 Å². The summed E-state index contributed by atoms with van der Waals surface area (Å²) in [6, 6.07) is 8.59. The maximum Gasteiger partial charge on any atom is 0.230 e. The number of unbranched alkanes of at least 4 members (excludes halogenated alkanes) is 1. The summed E-state index contributed by atoms with van der Waals surface area (Å²) in [5.41, 5.74) is 3.95. The van der Waals surface area contributed by atoms with Gasteiger partial charge in [0.25, 0.3) is 0 Å². The molecule has 1 fully saturated rings. The van der Waals surface area contributed by atoms with Crippen molar-refractivity contribution in [3.8, 4) is 0 Å². The molecule has 0 atom stereocenters. The molecule has 2 aromatic rings. The van der Waals surface area contributed by atoms with E-state index >= 15 is 0 Å². The molecule has 0 unspecified atom stereocenters. The number of aryl methyl sites for hydroxylation is 2. The van der Waals surface area contributed by atoms with E-state index in [2.05, 4.69) is 64.1 Å². The Morgan fingerprint density at radius 2 is 1.90 bits per heavy atom. The molecule has 0 spiro atoms. The van der Waals surface area contributed by atoms with Crippen LogP contribution in [0.25, 0.3) is 0 Å². The first-order chi connectivity index (χ1) is 14.1. The van der Waals surface area contributed by atoms with E-state index in [1.165, 1.54) is 28.6 Å². The van der Waals surface area contributed by atoms with Crippen molar-refractivity contribution in [1.29, 1.82) is 0 Å². The van der Waals surface area contributed by atoms with Crippen molar-refractivity contribution in [2.24, 2.45) is 0 Å². The lowest BCUT2D eigenvalue weighted by Crippen LogP contribution is -2.47. The standard InChI is InChI=1S/C22H31N5OS/c1-4-5-9-23-21(28)16-29-22-24-10-8-20(25-22)27-13-11-26(12-14-27)19-15-17(2)6-7-18(19)3/h6-8,10,15H,4-5,9,11-14,16H2,1-3H3,(H,23,28). The molecule has 6 nitrogen and oxygen atoms in total. The van der Waals surface area contributed by atoms with Crippen LogP contribution in [0.15, 0.2) is 35.6 Å². The van der Waals surface area contributed by atoms with E-state index in [4.69, 9.17) is 0 Å². The Kier molecular flexibility index (Phi) is 7.75. The van der Waals surface area contributed by atoms with Gasteiger partial charge in [0.2, 0.25) is 5.91 Å². The normalized spacial score (nSPS) is 14.2. The van der Waals surface area contributed by atoms with Gasteiger partial charge in [0.05, 0.1) is 5.75 Å². The minimum atomic E-state index is 0.0413. The van der Waals surface area contributed by atoms with Gasteiger partial charge in [0, 0.05) is 44.6 Å². The Morgan fingerprint density at radius 3 is 2.66 bits per heavy atom. The van der Waals surface area contributed by atoms with E-state index in [-0.39, 0.29) is 5.91 Å². The highest BCUT2D eigenvalue weighted by Crippen LogP contribution is 2.24. The summed E-state index contributed by atoms with van der Waals surface area (Å²) < 4.78 is 0. The third-order valence-corrected chi connectivity index (χ3v) is 5.97. The number of amides is 1. The van der Waals surface area contributed by atoms with Crippen LogP contribution in [0.5, 0.6) is 0 Å². The van der Waals surface area contributed by atoms with E-state index in [1.54, 1.807) is 6.20 Å². The second-order valence-corrected chi connectivity index (χ2v) is 8.40. The molecule has 29 heavy (non-hydrogen) atoms. The van der Waals surface area contributed by atoms with Crippen LogP contribution in [0.2, 0.25) is 0 Å². The summed E-state index contributed by atoms with van der Waals surface area (Å²) in [5.74, 6) is 1.34. The van der Waals surface area contributed by atoms with Gasteiger partial charge in [-0.1, -0.05) is 37.2 Å². The third kappa shape index (κ3) is 6.10. The molecule has 1 aromatic carbocycles. The predicted molar refractivity (Wildman–Crippen MR) is 121 cm³/mol. The number of carbonyl (C=O) groups excluding carboxylic acids is 1. The summed E-state index contributed by atoms with van der Waals surface area (Å²) in [4.78, 5) is 25.6. The van der Waals surface area contributed by atoms with Gasteiger partial charge < -0.3 is 15.1 Å². The van der Waals surface area contributed by atoms with Gasteiger partial charge >= 0.3 is 0 Å². The number of thioether (sulfide) groups is 1. The first-order valence-corrected chi connectivity index (χ1v) is 11.3. The van der Waals surface area contributed by atoms with E-state index in [0.717, 1.165) is 51.4 Å². The summed E-state index contributed by atoms with van der Waals surface area (Å²) >= 11 is 1.39.